The second-order valence-electron chi connectivity index (χ2n) is 1.61. The summed E-state index contributed by atoms with van der Waals surface area (Å²) >= 11 is 5.00. The molecule has 3 heteroatoms. The largest absolute Gasteiger partial charge is 0.267 e. The van der Waals surface area contributed by atoms with E-state index in [2.05, 4.69) is 4.99 Å². The average Bonchev–Trinajstić information content (AvgIpc) is 2.20. The maximum atomic E-state index is 5.00. The van der Waals surface area contributed by atoms with E-state index in [9.17, 15) is 0 Å². The van der Waals surface area contributed by atoms with Crippen molar-refractivity contribution in [1.82, 2.24) is 0 Å². The summed E-state index contributed by atoms with van der Waals surface area (Å²) in [6.45, 7) is 1.89. The van der Waals surface area contributed by atoms with Gasteiger partial charge in [0.15, 0.2) is 6.34 Å². The third-order valence-corrected chi connectivity index (χ3v) is 0.702. The van der Waals surface area contributed by atoms with Gasteiger partial charge in [-0.25, -0.2) is 4.99 Å². The molecule has 1 N–H and O–H groups in total. The van der Waals surface area contributed by atoms with Gasteiger partial charge in [0.2, 0.25) is 0 Å². The van der Waals surface area contributed by atoms with E-state index < -0.39 is 0 Å². The predicted octanol–water partition coefficient (Wildman–Crippen LogP) is 0.259. The van der Waals surface area contributed by atoms with Gasteiger partial charge in [0.1, 0.15) is 6.20 Å². The molecule has 0 bridgehead atoms. The fraction of sp³-hybridized carbons (Fsp3) is 0.500. The van der Waals surface area contributed by atoms with Crippen molar-refractivity contribution in [3.05, 3.63) is 12.4 Å². The molecule has 9 heavy (non-hydrogen) atoms. The number of hydrogen-bond acceptors (Lipinski definition) is 1. The van der Waals surface area contributed by atoms with Gasteiger partial charge in [-0.3, -0.25) is 4.90 Å². The molecule has 0 aromatic carbocycles. The zero-order valence-corrected chi connectivity index (χ0v) is 6.52. The van der Waals surface area contributed by atoms with Crippen LogP contribution in [0.5, 0.6) is 0 Å². The Morgan fingerprint density at radius 1 is 1.67 bits per heavy atom. The molecule has 1 unspecified atom stereocenters. The molecule has 0 saturated heterocycles. The van der Waals surface area contributed by atoms with Crippen LogP contribution < -0.4 is 4.90 Å². The van der Waals surface area contributed by atoms with E-state index >= 15 is 0 Å². The molecular formula is C6H12ClN2+. The Bertz CT molecular complexity index is 97.6. The lowest BCUT2D eigenvalue weighted by Gasteiger charge is -1.87. The quantitative estimate of drug-likeness (QED) is 0.474. The lowest BCUT2D eigenvalue weighted by molar-refractivity contribution is -0.709. The van der Waals surface area contributed by atoms with Crippen LogP contribution in [-0.4, -0.2) is 19.3 Å². The molecule has 1 rings (SSSR count). The van der Waals surface area contributed by atoms with Gasteiger partial charge in [-0.15, -0.1) is 11.6 Å². The Morgan fingerprint density at radius 2 is 2.22 bits per heavy atom. The summed E-state index contributed by atoms with van der Waals surface area (Å²) < 4.78 is 0. The molecule has 2 nitrogen and oxygen atoms in total. The fourth-order valence-electron chi connectivity index (χ4n) is 0.364. The van der Waals surface area contributed by atoms with Crippen molar-refractivity contribution in [2.24, 2.45) is 4.99 Å². The first-order chi connectivity index (χ1) is 4.31. The van der Waals surface area contributed by atoms with E-state index in [0.717, 1.165) is 5.88 Å². The lowest BCUT2D eigenvalue weighted by Crippen LogP contribution is -3.01. The number of nitrogens with zero attached hydrogens (tertiary/aromatic N) is 1. The summed E-state index contributed by atoms with van der Waals surface area (Å²) in [5.41, 5.74) is 0. The molecule has 0 aromatic heterocycles. The Labute approximate surface area is 60.8 Å². The first kappa shape index (κ1) is 8.66. The van der Waals surface area contributed by atoms with Crippen LogP contribution in [0.3, 0.4) is 0 Å². The number of aliphatic imine (C=N–C) groups is 1. The average molecular weight is 148 g/mol. The zero-order valence-electron chi connectivity index (χ0n) is 5.76. The number of hydrogen-bond donors (Lipinski definition) is 1. The molecule has 1 aliphatic rings. The van der Waals surface area contributed by atoms with Crippen molar-refractivity contribution in [1.29, 1.82) is 0 Å². The molecule has 0 aromatic rings. The van der Waals surface area contributed by atoms with Gasteiger partial charge < -0.3 is 0 Å². The van der Waals surface area contributed by atoms with Crippen molar-refractivity contribution in [3.63, 3.8) is 0 Å². The Kier molecular flexibility index (Phi) is 5.57. The number of quaternary nitrogens is 1. The first-order valence-corrected chi connectivity index (χ1v) is 3.44. The zero-order chi connectivity index (χ0) is 7.11. The summed E-state index contributed by atoms with van der Waals surface area (Å²) in [6, 6.07) is 0. The summed E-state index contributed by atoms with van der Waals surface area (Å²) in [6.07, 6.45) is 5.59. The number of rotatable bonds is 0. The molecule has 1 atom stereocenters. The van der Waals surface area contributed by atoms with Crippen LogP contribution in [0.25, 0.3) is 0 Å². The minimum Gasteiger partial charge on any atom is -0.267 e. The number of halogens is 1. The van der Waals surface area contributed by atoms with Gasteiger partial charge in [0, 0.05) is 5.88 Å². The third kappa shape index (κ3) is 5.53. The topological polar surface area (TPSA) is 16.8 Å². The van der Waals surface area contributed by atoms with Crippen LogP contribution in [0, 0.1) is 0 Å². The molecule has 0 spiro atoms. The molecule has 1 aliphatic heterocycles. The molecule has 0 amide bonds. The highest BCUT2D eigenvalue weighted by Crippen LogP contribution is 1.66. The van der Waals surface area contributed by atoms with Crippen molar-refractivity contribution in [3.8, 4) is 0 Å². The predicted molar refractivity (Wildman–Crippen MR) is 40.9 cm³/mol. The van der Waals surface area contributed by atoms with Gasteiger partial charge in [-0.1, -0.05) is 6.92 Å². The maximum Gasteiger partial charge on any atom is 0.192 e. The second-order valence-corrected chi connectivity index (χ2v) is 2.14. The molecule has 0 aliphatic carbocycles. The van der Waals surface area contributed by atoms with E-state index in [1.54, 1.807) is 6.20 Å². The summed E-state index contributed by atoms with van der Waals surface area (Å²) in [5, 5.41) is 0. The van der Waals surface area contributed by atoms with E-state index in [4.69, 9.17) is 11.6 Å². The fourth-order valence-corrected chi connectivity index (χ4v) is 0.364. The number of alkyl halides is 1. The molecule has 0 saturated carbocycles. The summed E-state index contributed by atoms with van der Waals surface area (Å²) in [5.74, 6) is 0.722. The first-order valence-electron chi connectivity index (χ1n) is 2.90. The Hall–Kier alpha value is -0.340. The number of nitrogens with one attached hydrogen (secondary N) is 1. The monoisotopic (exact) mass is 147 g/mol. The minimum absolute atomic E-state index is 0.722. The summed E-state index contributed by atoms with van der Waals surface area (Å²) in [7, 11) is 2.02. The van der Waals surface area contributed by atoms with Gasteiger partial charge in [-0.05, 0) is 0 Å². The van der Waals surface area contributed by atoms with Crippen LogP contribution in [0.2, 0.25) is 0 Å². The highest BCUT2D eigenvalue weighted by atomic mass is 35.5. The van der Waals surface area contributed by atoms with Crippen molar-refractivity contribution in [2.45, 2.75) is 6.92 Å². The third-order valence-electron chi connectivity index (χ3n) is 0.702. The molecule has 0 fully saturated rings. The van der Waals surface area contributed by atoms with Crippen LogP contribution in [0.1, 0.15) is 6.92 Å². The van der Waals surface area contributed by atoms with Crippen LogP contribution in [0.4, 0.5) is 0 Å². The molecule has 52 valence electrons. The van der Waals surface area contributed by atoms with Gasteiger partial charge in [-0.2, -0.15) is 0 Å². The van der Waals surface area contributed by atoms with Crippen LogP contribution in [-0.2, 0) is 0 Å². The summed E-state index contributed by atoms with van der Waals surface area (Å²) in [4.78, 5) is 5.05. The van der Waals surface area contributed by atoms with Gasteiger partial charge >= 0.3 is 0 Å². The highest BCUT2D eigenvalue weighted by Gasteiger charge is 1.91. The Balaban J connectivity index is 0.000000187. The van der Waals surface area contributed by atoms with Crippen molar-refractivity contribution in [2.75, 3.05) is 12.9 Å². The van der Waals surface area contributed by atoms with Crippen molar-refractivity contribution < 1.29 is 4.90 Å². The second kappa shape index (κ2) is 5.79. The van der Waals surface area contributed by atoms with E-state index in [1.807, 2.05) is 26.5 Å². The van der Waals surface area contributed by atoms with Crippen molar-refractivity contribution >= 4 is 17.9 Å². The highest BCUT2D eigenvalue weighted by molar-refractivity contribution is 6.17. The van der Waals surface area contributed by atoms with Crippen LogP contribution in [0.15, 0.2) is 17.4 Å². The normalized spacial score (nSPS) is 21.4. The van der Waals surface area contributed by atoms with Crippen LogP contribution >= 0.6 is 11.6 Å². The Morgan fingerprint density at radius 3 is 2.33 bits per heavy atom. The van der Waals surface area contributed by atoms with E-state index in [1.165, 1.54) is 4.90 Å². The van der Waals surface area contributed by atoms with E-state index in [0.29, 0.717) is 0 Å². The molecule has 0 radical (unpaired) electrons. The SMILES string of the molecule is CCCl.C[NH+]1C=CN=C1. The standard InChI is InChI=1S/C4H6N2.C2H5Cl/c1-6-3-2-5-4-6;1-2-3/h2-4H,1H3;2H2,1H3/p+1. The lowest BCUT2D eigenvalue weighted by atomic mass is 10.9. The van der Waals surface area contributed by atoms with Gasteiger partial charge in [0.25, 0.3) is 0 Å². The molecular weight excluding hydrogens is 136 g/mol. The van der Waals surface area contributed by atoms with E-state index in [-0.39, 0.29) is 0 Å². The molecule has 1 heterocycles. The maximum absolute atomic E-state index is 5.00. The van der Waals surface area contributed by atoms with Gasteiger partial charge in [0.05, 0.1) is 13.2 Å². The smallest absolute Gasteiger partial charge is 0.192 e. The minimum atomic E-state index is 0.722.